The molecule has 0 aliphatic rings. The molecule has 1 N–H and O–H groups in total. The first kappa shape index (κ1) is 24.5. The van der Waals surface area contributed by atoms with Gasteiger partial charge in [0, 0.05) is 24.5 Å². The van der Waals surface area contributed by atoms with Gasteiger partial charge in [0.25, 0.3) is 0 Å². The van der Waals surface area contributed by atoms with Gasteiger partial charge in [0.05, 0.1) is 6.42 Å². The normalized spacial score (nSPS) is 11.6. The van der Waals surface area contributed by atoms with Crippen LogP contribution >= 0.6 is 11.6 Å². The van der Waals surface area contributed by atoms with Crippen LogP contribution < -0.4 is 5.32 Å². The largest absolute Gasteiger partial charge is 0.354 e. The predicted molar refractivity (Wildman–Crippen MR) is 129 cm³/mol. The predicted octanol–water partition coefficient (Wildman–Crippen LogP) is 5.19. The Morgan fingerprint density at radius 2 is 1.64 bits per heavy atom. The molecule has 6 heteroatoms. The Labute approximate surface area is 199 Å². The molecule has 1 atom stereocenters. The number of carbonyl (C=O) groups excluding carboxylic acids is 2. The van der Waals surface area contributed by atoms with E-state index in [1.165, 1.54) is 12.1 Å². The topological polar surface area (TPSA) is 49.4 Å². The molecule has 0 saturated carbocycles. The number of benzene rings is 3. The fourth-order valence-corrected chi connectivity index (χ4v) is 3.84. The zero-order valence-electron chi connectivity index (χ0n) is 18.6. The molecule has 0 unspecified atom stereocenters. The molecule has 0 heterocycles. The van der Waals surface area contributed by atoms with Gasteiger partial charge in [-0.2, -0.15) is 0 Å². The Morgan fingerprint density at radius 1 is 0.939 bits per heavy atom. The second-order valence-corrected chi connectivity index (χ2v) is 8.39. The van der Waals surface area contributed by atoms with Crippen LogP contribution in [-0.2, 0) is 29.0 Å². The highest BCUT2D eigenvalue weighted by atomic mass is 35.5. The number of hydrogen-bond donors (Lipinski definition) is 1. The molecule has 2 amide bonds. The van der Waals surface area contributed by atoms with Gasteiger partial charge < -0.3 is 10.2 Å². The van der Waals surface area contributed by atoms with Gasteiger partial charge >= 0.3 is 0 Å². The fraction of sp³-hybridized carbons (Fsp3) is 0.259. The summed E-state index contributed by atoms with van der Waals surface area (Å²) in [6.45, 7) is 2.74. The SMILES string of the molecule is CCCNC(=O)[C@@H](Cc1ccccc1)N(Cc1cccc(Cl)c1)C(=O)Cc1ccc(F)cc1. The third-order valence-electron chi connectivity index (χ3n) is 5.33. The molecular formula is C27H28ClFN2O2. The standard InChI is InChI=1S/C27H28ClFN2O2/c1-2-15-30-27(33)25(17-20-7-4-3-5-8-20)31(19-22-9-6-10-23(28)16-22)26(32)18-21-11-13-24(29)14-12-21/h3-14,16,25H,2,15,17-19H2,1H3,(H,30,33)/t25-/m1/s1. The van der Waals surface area contributed by atoms with Crippen LogP contribution in [0, 0.1) is 5.82 Å². The Morgan fingerprint density at radius 3 is 2.30 bits per heavy atom. The molecular weight excluding hydrogens is 439 g/mol. The summed E-state index contributed by atoms with van der Waals surface area (Å²) in [6.07, 6.45) is 1.24. The van der Waals surface area contributed by atoms with E-state index in [9.17, 15) is 14.0 Å². The molecule has 0 aliphatic heterocycles. The lowest BCUT2D eigenvalue weighted by molar-refractivity contribution is -0.140. The number of halogens is 2. The molecule has 172 valence electrons. The van der Waals surface area contributed by atoms with Crippen LogP contribution in [-0.4, -0.2) is 29.3 Å². The molecule has 0 bridgehead atoms. The molecule has 0 spiro atoms. The van der Waals surface area contributed by atoms with Gasteiger partial charge in [-0.25, -0.2) is 4.39 Å². The lowest BCUT2D eigenvalue weighted by Crippen LogP contribution is -2.51. The molecule has 4 nitrogen and oxygen atoms in total. The Balaban J connectivity index is 1.94. The van der Waals surface area contributed by atoms with Gasteiger partial charge in [0.15, 0.2) is 0 Å². The number of hydrogen-bond acceptors (Lipinski definition) is 2. The van der Waals surface area contributed by atoms with Crippen LogP contribution in [0.1, 0.15) is 30.0 Å². The Hall–Kier alpha value is -3.18. The second kappa shape index (κ2) is 12.2. The molecule has 0 fully saturated rings. The van der Waals surface area contributed by atoms with Crippen molar-refractivity contribution < 1.29 is 14.0 Å². The summed E-state index contributed by atoms with van der Waals surface area (Å²) in [6, 6.07) is 22.1. The van der Waals surface area contributed by atoms with Crippen molar-refractivity contribution in [3.63, 3.8) is 0 Å². The van der Waals surface area contributed by atoms with Crippen molar-refractivity contribution in [1.29, 1.82) is 0 Å². The van der Waals surface area contributed by atoms with Crippen molar-refractivity contribution >= 4 is 23.4 Å². The second-order valence-electron chi connectivity index (χ2n) is 7.95. The minimum Gasteiger partial charge on any atom is -0.354 e. The summed E-state index contributed by atoms with van der Waals surface area (Å²) >= 11 is 6.17. The highest BCUT2D eigenvalue weighted by Crippen LogP contribution is 2.19. The van der Waals surface area contributed by atoms with E-state index in [1.807, 2.05) is 49.4 Å². The highest BCUT2D eigenvalue weighted by molar-refractivity contribution is 6.30. The van der Waals surface area contributed by atoms with Gasteiger partial charge in [-0.05, 0) is 47.4 Å². The lowest BCUT2D eigenvalue weighted by Gasteiger charge is -2.31. The third-order valence-corrected chi connectivity index (χ3v) is 5.57. The van der Waals surface area contributed by atoms with Crippen molar-refractivity contribution in [3.05, 3.63) is 106 Å². The summed E-state index contributed by atoms with van der Waals surface area (Å²) in [5.74, 6) is -0.771. The van der Waals surface area contributed by atoms with Gasteiger partial charge in [-0.15, -0.1) is 0 Å². The number of amides is 2. The lowest BCUT2D eigenvalue weighted by atomic mass is 10.0. The van der Waals surface area contributed by atoms with E-state index < -0.39 is 6.04 Å². The molecule has 3 aromatic carbocycles. The van der Waals surface area contributed by atoms with Crippen LogP contribution in [0.25, 0.3) is 0 Å². The molecule has 0 aliphatic carbocycles. The number of carbonyl (C=O) groups is 2. The van der Waals surface area contributed by atoms with Gasteiger partial charge in [0.2, 0.25) is 11.8 Å². The van der Waals surface area contributed by atoms with E-state index in [0.717, 1.165) is 17.5 Å². The van der Waals surface area contributed by atoms with Crippen LogP contribution in [0.2, 0.25) is 5.02 Å². The average Bonchev–Trinajstić information content (AvgIpc) is 2.82. The van der Waals surface area contributed by atoms with Crippen molar-refractivity contribution in [2.75, 3.05) is 6.54 Å². The van der Waals surface area contributed by atoms with Crippen molar-refractivity contribution in [1.82, 2.24) is 10.2 Å². The maximum Gasteiger partial charge on any atom is 0.243 e. The molecule has 0 radical (unpaired) electrons. The number of nitrogens with zero attached hydrogens (tertiary/aromatic N) is 1. The van der Waals surface area contributed by atoms with Gasteiger partial charge in [0.1, 0.15) is 11.9 Å². The summed E-state index contributed by atoms with van der Waals surface area (Å²) in [5.41, 5.74) is 2.47. The summed E-state index contributed by atoms with van der Waals surface area (Å²) in [7, 11) is 0. The van der Waals surface area contributed by atoms with E-state index in [0.29, 0.717) is 23.6 Å². The summed E-state index contributed by atoms with van der Waals surface area (Å²) in [5, 5.41) is 3.51. The zero-order valence-corrected chi connectivity index (χ0v) is 19.4. The minimum atomic E-state index is -0.703. The zero-order chi connectivity index (χ0) is 23.6. The highest BCUT2D eigenvalue weighted by Gasteiger charge is 2.30. The fourth-order valence-electron chi connectivity index (χ4n) is 3.63. The Kier molecular flexibility index (Phi) is 9.02. The first-order chi connectivity index (χ1) is 16.0. The van der Waals surface area contributed by atoms with Crippen molar-refractivity contribution in [3.8, 4) is 0 Å². The van der Waals surface area contributed by atoms with Gasteiger partial charge in [-0.1, -0.05) is 73.1 Å². The average molecular weight is 467 g/mol. The maximum atomic E-state index is 13.5. The number of nitrogens with one attached hydrogen (secondary N) is 1. The van der Waals surface area contributed by atoms with Crippen LogP contribution in [0.4, 0.5) is 4.39 Å². The van der Waals surface area contributed by atoms with Crippen LogP contribution in [0.3, 0.4) is 0 Å². The molecule has 0 saturated heterocycles. The van der Waals surface area contributed by atoms with E-state index >= 15 is 0 Å². The number of rotatable bonds is 10. The van der Waals surface area contributed by atoms with E-state index in [2.05, 4.69) is 5.32 Å². The van der Waals surface area contributed by atoms with Crippen LogP contribution in [0.15, 0.2) is 78.9 Å². The first-order valence-corrected chi connectivity index (χ1v) is 11.4. The van der Waals surface area contributed by atoms with Crippen molar-refractivity contribution in [2.24, 2.45) is 0 Å². The maximum absolute atomic E-state index is 13.5. The van der Waals surface area contributed by atoms with Gasteiger partial charge in [-0.3, -0.25) is 9.59 Å². The molecule has 0 aromatic heterocycles. The van der Waals surface area contributed by atoms with E-state index in [4.69, 9.17) is 11.6 Å². The minimum absolute atomic E-state index is 0.0627. The molecule has 3 aromatic rings. The summed E-state index contributed by atoms with van der Waals surface area (Å²) < 4.78 is 13.3. The van der Waals surface area contributed by atoms with E-state index in [-0.39, 0.29) is 30.6 Å². The third kappa shape index (κ3) is 7.43. The quantitative estimate of drug-likeness (QED) is 0.447. The monoisotopic (exact) mass is 466 g/mol. The smallest absolute Gasteiger partial charge is 0.243 e. The Bertz CT molecular complexity index is 1060. The summed E-state index contributed by atoms with van der Waals surface area (Å²) in [4.78, 5) is 28.3. The first-order valence-electron chi connectivity index (χ1n) is 11.1. The van der Waals surface area contributed by atoms with Crippen LogP contribution in [0.5, 0.6) is 0 Å². The van der Waals surface area contributed by atoms with E-state index in [1.54, 1.807) is 29.2 Å². The molecule has 3 rings (SSSR count). The molecule has 33 heavy (non-hydrogen) atoms. The van der Waals surface area contributed by atoms with Crippen molar-refractivity contribution in [2.45, 2.75) is 38.8 Å².